The van der Waals surface area contributed by atoms with Gasteiger partial charge in [0, 0.05) is 18.5 Å². The summed E-state index contributed by atoms with van der Waals surface area (Å²) in [4.78, 5) is 27.0. The molecule has 0 aromatic heterocycles. The fourth-order valence-electron chi connectivity index (χ4n) is 3.99. The molecule has 0 aliphatic heterocycles. The smallest absolute Gasteiger partial charge is 0.426 e. The van der Waals surface area contributed by atoms with Gasteiger partial charge in [-0.2, -0.15) is 5.26 Å². The van der Waals surface area contributed by atoms with E-state index in [0.29, 0.717) is 18.4 Å². The van der Waals surface area contributed by atoms with Crippen molar-refractivity contribution in [3.63, 3.8) is 0 Å². The van der Waals surface area contributed by atoms with Crippen molar-refractivity contribution in [2.75, 3.05) is 0 Å². The monoisotopic (exact) mass is 475 g/mol. The van der Waals surface area contributed by atoms with E-state index in [2.05, 4.69) is 5.32 Å². The Morgan fingerprint density at radius 1 is 1.03 bits per heavy atom. The molecule has 0 saturated carbocycles. The summed E-state index contributed by atoms with van der Waals surface area (Å²) in [5, 5.41) is 31.6. The van der Waals surface area contributed by atoms with E-state index in [4.69, 9.17) is 0 Å². The van der Waals surface area contributed by atoms with Gasteiger partial charge in [-0.15, -0.1) is 0 Å². The van der Waals surface area contributed by atoms with Gasteiger partial charge in [-0.25, -0.2) is 0 Å². The van der Waals surface area contributed by atoms with Crippen molar-refractivity contribution in [1.82, 2.24) is 10.2 Å². The van der Waals surface area contributed by atoms with Crippen LogP contribution >= 0.6 is 0 Å². The van der Waals surface area contributed by atoms with Crippen LogP contribution in [0.4, 0.5) is 0 Å². The van der Waals surface area contributed by atoms with Gasteiger partial charge < -0.3 is 20.3 Å². The highest BCUT2D eigenvalue weighted by atomic mass is 16.4. The molecule has 0 radical (unpaired) electrons. The van der Waals surface area contributed by atoms with E-state index >= 15 is 0 Å². The molecule has 184 valence electrons. The van der Waals surface area contributed by atoms with E-state index in [1.54, 1.807) is 17.0 Å². The standard InChI is InChI=1S/C27H34BN3O4/c1-19(2)31(20(3)4)27(33)24(18-29)16-23-12-8-11-22(15-23)13-14-26(32)30-25(28(34)35)17-21-9-6-5-7-10-21/h5-12,15-16,19-20,25,34-35H,13-14,17H2,1-4H3,(H,30,32)/t25-/m0/s1. The average Bonchev–Trinajstić information content (AvgIpc) is 2.81. The molecule has 0 unspecified atom stereocenters. The third-order valence-corrected chi connectivity index (χ3v) is 5.61. The summed E-state index contributed by atoms with van der Waals surface area (Å²) in [5.74, 6) is -1.42. The lowest BCUT2D eigenvalue weighted by Crippen LogP contribution is -2.47. The lowest BCUT2D eigenvalue weighted by Gasteiger charge is -2.30. The van der Waals surface area contributed by atoms with Crippen molar-refractivity contribution in [1.29, 1.82) is 5.26 Å². The second-order valence-electron chi connectivity index (χ2n) is 9.09. The van der Waals surface area contributed by atoms with Gasteiger partial charge in [-0.05, 0) is 63.3 Å². The van der Waals surface area contributed by atoms with Crippen LogP contribution in [0.5, 0.6) is 0 Å². The number of hydrogen-bond donors (Lipinski definition) is 3. The minimum Gasteiger partial charge on any atom is -0.426 e. The summed E-state index contributed by atoms with van der Waals surface area (Å²) in [6.45, 7) is 7.66. The highest BCUT2D eigenvalue weighted by Gasteiger charge is 2.26. The van der Waals surface area contributed by atoms with Crippen LogP contribution in [0.3, 0.4) is 0 Å². The Morgan fingerprint density at radius 2 is 1.66 bits per heavy atom. The SMILES string of the molecule is CC(C)N(C(=O)C(C#N)=Cc1cccc(CCC(=O)N[C@@H](Cc2ccccc2)B(O)O)c1)C(C)C. The first-order valence-corrected chi connectivity index (χ1v) is 11.8. The largest absolute Gasteiger partial charge is 0.475 e. The van der Waals surface area contributed by atoms with Gasteiger partial charge in [0.15, 0.2) is 0 Å². The lowest BCUT2D eigenvalue weighted by atomic mass is 9.76. The second-order valence-corrected chi connectivity index (χ2v) is 9.09. The molecule has 8 heteroatoms. The minimum atomic E-state index is -1.68. The third-order valence-electron chi connectivity index (χ3n) is 5.61. The van der Waals surface area contributed by atoms with E-state index in [0.717, 1.165) is 11.1 Å². The molecule has 0 aliphatic rings. The number of carbonyl (C=O) groups is 2. The van der Waals surface area contributed by atoms with Crippen molar-refractivity contribution in [3.05, 3.63) is 76.9 Å². The highest BCUT2D eigenvalue weighted by Crippen LogP contribution is 2.16. The summed E-state index contributed by atoms with van der Waals surface area (Å²) >= 11 is 0. The summed E-state index contributed by atoms with van der Waals surface area (Å²) in [6, 6.07) is 18.6. The lowest BCUT2D eigenvalue weighted by molar-refractivity contribution is -0.130. The molecule has 7 nitrogen and oxygen atoms in total. The van der Waals surface area contributed by atoms with Gasteiger partial charge in [0.1, 0.15) is 11.6 Å². The molecule has 0 heterocycles. The van der Waals surface area contributed by atoms with E-state index in [-0.39, 0.29) is 35.9 Å². The Balaban J connectivity index is 2.05. The normalized spacial score (nSPS) is 12.3. The zero-order chi connectivity index (χ0) is 26.0. The molecule has 0 fully saturated rings. The minimum absolute atomic E-state index is 0.0350. The second kappa shape index (κ2) is 13.5. The zero-order valence-electron chi connectivity index (χ0n) is 20.8. The first kappa shape index (κ1) is 27.8. The first-order chi connectivity index (χ1) is 16.6. The maximum absolute atomic E-state index is 12.9. The summed E-state index contributed by atoms with van der Waals surface area (Å²) in [6.07, 6.45) is 2.46. The number of hydrogen-bond acceptors (Lipinski definition) is 5. The molecule has 1 atom stereocenters. The van der Waals surface area contributed by atoms with E-state index in [1.807, 2.05) is 82.3 Å². The molecular weight excluding hydrogens is 441 g/mol. The quantitative estimate of drug-likeness (QED) is 0.263. The molecule has 2 amide bonds. The van der Waals surface area contributed by atoms with E-state index in [1.165, 1.54) is 0 Å². The number of aryl methyl sites for hydroxylation is 1. The van der Waals surface area contributed by atoms with E-state index < -0.39 is 13.1 Å². The fraction of sp³-hybridized carbons (Fsp3) is 0.370. The van der Waals surface area contributed by atoms with Crippen LogP contribution in [0, 0.1) is 11.3 Å². The van der Waals surface area contributed by atoms with Crippen molar-refractivity contribution in [3.8, 4) is 6.07 Å². The maximum Gasteiger partial charge on any atom is 0.475 e. The molecule has 2 rings (SSSR count). The Morgan fingerprint density at radius 3 is 2.23 bits per heavy atom. The molecular formula is C27H34BN3O4. The van der Waals surface area contributed by atoms with Crippen LogP contribution in [-0.4, -0.2) is 51.9 Å². The predicted molar refractivity (Wildman–Crippen MR) is 138 cm³/mol. The van der Waals surface area contributed by atoms with Crippen LogP contribution in [0.2, 0.25) is 0 Å². The molecule has 0 saturated heterocycles. The Kier molecular flexibility index (Phi) is 10.7. The zero-order valence-corrected chi connectivity index (χ0v) is 20.8. The molecule has 2 aromatic carbocycles. The Hall–Kier alpha value is -3.41. The molecule has 0 spiro atoms. The van der Waals surface area contributed by atoms with Gasteiger partial charge in [0.25, 0.3) is 5.91 Å². The van der Waals surface area contributed by atoms with E-state index in [9.17, 15) is 24.9 Å². The first-order valence-electron chi connectivity index (χ1n) is 11.8. The number of nitrogens with zero attached hydrogens (tertiary/aromatic N) is 2. The number of amides is 2. The molecule has 0 aliphatic carbocycles. The average molecular weight is 475 g/mol. The Bertz CT molecular complexity index is 1050. The number of benzene rings is 2. The van der Waals surface area contributed by atoms with Gasteiger partial charge >= 0.3 is 7.12 Å². The number of nitriles is 1. The van der Waals surface area contributed by atoms with Crippen molar-refractivity contribution < 1.29 is 19.6 Å². The molecule has 0 bridgehead atoms. The summed E-state index contributed by atoms with van der Waals surface area (Å²) < 4.78 is 0. The van der Waals surface area contributed by atoms with Crippen molar-refractivity contribution in [2.24, 2.45) is 0 Å². The number of carbonyl (C=O) groups excluding carboxylic acids is 2. The summed E-state index contributed by atoms with van der Waals surface area (Å²) in [5.41, 5.74) is 2.52. The van der Waals surface area contributed by atoms with Crippen LogP contribution in [0.25, 0.3) is 6.08 Å². The fourth-order valence-corrected chi connectivity index (χ4v) is 3.99. The van der Waals surface area contributed by atoms with Crippen LogP contribution < -0.4 is 5.32 Å². The molecule has 3 N–H and O–H groups in total. The van der Waals surface area contributed by atoms with Crippen LogP contribution in [-0.2, 0) is 22.4 Å². The topological polar surface area (TPSA) is 114 Å². The van der Waals surface area contributed by atoms with Gasteiger partial charge in [-0.3, -0.25) is 9.59 Å². The van der Waals surface area contributed by atoms with Gasteiger partial charge in [0.2, 0.25) is 5.91 Å². The highest BCUT2D eigenvalue weighted by molar-refractivity contribution is 6.43. The van der Waals surface area contributed by atoms with Crippen LogP contribution in [0.15, 0.2) is 60.2 Å². The number of nitrogens with one attached hydrogen (secondary N) is 1. The third kappa shape index (κ3) is 8.71. The van der Waals surface area contributed by atoms with Crippen LogP contribution in [0.1, 0.15) is 50.8 Å². The molecule has 2 aromatic rings. The predicted octanol–water partition coefficient (Wildman–Crippen LogP) is 2.91. The summed E-state index contributed by atoms with van der Waals surface area (Å²) in [7, 11) is -1.68. The van der Waals surface area contributed by atoms with Crippen molar-refractivity contribution >= 4 is 25.0 Å². The van der Waals surface area contributed by atoms with Gasteiger partial charge in [0.05, 0.1) is 5.94 Å². The maximum atomic E-state index is 12.9. The number of rotatable bonds is 11. The van der Waals surface area contributed by atoms with Crippen molar-refractivity contribution in [2.45, 2.75) is 65.0 Å². The Labute approximate surface area is 208 Å². The van der Waals surface area contributed by atoms with Gasteiger partial charge in [-0.1, -0.05) is 54.6 Å². The molecule has 35 heavy (non-hydrogen) atoms.